The minimum atomic E-state index is -0.0521. The van der Waals surface area contributed by atoms with Gasteiger partial charge in [0.05, 0.1) is 25.2 Å². The number of ether oxygens (including phenoxy) is 1. The van der Waals surface area contributed by atoms with Crippen molar-refractivity contribution in [1.29, 1.82) is 5.26 Å². The van der Waals surface area contributed by atoms with Gasteiger partial charge in [-0.1, -0.05) is 23.7 Å². The molecule has 1 N–H and O–H groups in total. The summed E-state index contributed by atoms with van der Waals surface area (Å²) in [5.41, 5.74) is 2.21. The highest BCUT2D eigenvalue weighted by atomic mass is 35.5. The average molecular weight is 265 g/mol. The summed E-state index contributed by atoms with van der Waals surface area (Å²) in [6.45, 7) is 4.30. The number of aryl methyl sites for hydroxylation is 1. The maximum absolute atomic E-state index is 8.90. The van der Waals surface area contributed by atoms with Crippen LogP contribution in [-0.4, -0.2) is 25.8 Å². The van der Waals surface area contributed by atoms with Gasteiger partial charge in [-0.3, -0.25) is 0 Å². The Kier molecular flexibility index (Phi) is 4.60. The van der Waals surface area contributed by atoms with Crippen LogP contribution in [0.3, 0.4) is 0 Å². The fraction of sp³-hybridized carbons (Fsp3) is 0.500. The van der Waals surface area contributed by atoms with Gasteiger partial charge in [0.2, 0.25) is 0 Å². The van der Waals surface area contributed by atoms with Crippen molar-refractivity contribution >= 4 is 11.6 Å². The van der Waals surface area contributed by atoms with Crippen molar-refractivity contribution in [3.63, 3.8) is 0 Å². The Labute approximate surface area is 113 Å². The molecule has 1 unspecified atom stereocenters. The van der Waals surface area contributed by atoms with Gasteiger partial charge < -0.3 is 10.1 Å². The smallest absolute Gasteiger partial charge is 0.0786 e. The number of halogens is 1. The normalized spacial score (nSPS) is 24.3. The first-order valence-corrected chi connectivity index (χ1v) is 6.55. The van der Waals surface area contributed by atoms with Crippen molar-refractivity contribution in [3.05, 3.63) is 34.3 Å². The van der Waals surface area contributed by atoms with Gasteiger partial charge in [-0.2, -0.15) is 5.26 Å². The minimum Gasteiger partial charge on any atom is -0.375 e. The molecule has 1 aliphatic rings. The molecule has 0 radical (unpaired) electrons. The van der Waals surface area contributed by atoms with Gasteiger partial charge in [-0.25, -0.2) is 0 Å². The van der Waals surface area contributed by atoms with E-state index < -0.39 is 0 Å². The van der Waals surface area contributed by atoms with Crippen LogP contribution in [-0.2, 0) is 4.74 Å². The second-order valence-corrected chi connectivity index (χ2v) is 5.00. The second-order valence-electron chi connectivity index (χ2n) is 4.59. The number of hydrogen-bond donors (Lipinski definition) is 1. The van der Waals surface area contributed by atoms with E-state index in [1.54, 1.807) is 0 Å². The van der Waals surface area contributed by atoms with Crippen LogP contribution < -0.4 is 5.32 Å². The number of rotatable bonds is 2. The van der Waals surface area contributed by atoms with Crippen molar-refractivity contribution < 1.29 is 4.74 Å². The van der Waals surface area contributed by atoms with E-state index in [9.17, 15) is 0 Å². The minimum absolute atomic E-state index is 0.0521. The van der Waals surface area contributed by atoms with Crippen LogP contribution in [0.5, 0.6) is 0 Å². The average Bonchev–Trinajstić information content (AvgIpc) is 2.59. The van der Waals surface area contributed by atoms with Crippen molar-refractivity contribution in [2.45, 2.75) is 25.4 Å². The quantitative estimate of drug-likeness (QED) is 0.893. The predicted octanol–water partition coefficient (Wildman–Crippen LogP) is 2.63. The summed E-state index contributed by atoms with van der Waals surface area (Å²) in [7, 11) is 0. The maximum Gasteiger partial charge on any atom is 0.0786 e. The lowest BCUT2D eigenvalue weighted by atomic mass is 9.91. The number of nitriles is 1. The molecule has 1 aliphatic heterocycles. The molecule has 18 heavy (non-hydrogen) atoms. The number of nitrogens with zero attached hydrogens (tertiary/aromatic N) is 1. The third-order valence-corrected chi connectivity index (χ3v) is 3.75. The van der Waals surface area contributed by atoms with Crippen LogP contribution in [0.25, 0.3) is 0 Å². The highest BCUT2D eigenvalue weighted by Gasteiger charge is 2.26. The summed E-state index contributed by atoms with van der Waals surface area (Å²) in [6.07, 6.45) is 0.362. The van der Waals surface area contributed by atoms with Gasteiger partial charge in [-0.05, 0) is 24.1 Å². The number of benzene rings is 1. The molecule has 4 heteroatoms. The summed E-state index contributed by atoms with van der Waals surface area (Å²) in [4.78, 5) is 0. The van der Waals surface area contributed by atoms with Crippen LogP contribution in [0.1, 0.15) is 23.5 Å². The molecule has 1 saturated heterocycles. The zero-order valence-corrected chi connectivity index (χ0v) is 11.2. The molecule has 1 heterocycles. The van der Waals surface area contributed by atoms with E-state index >= 15 is 0 Å². The molecular weight excluding hydrogens is 248 g/mol. The molecule has 1 aromatic rings. The molecule has 96 valence electrons. The fourth-order valence-electron chi connectivity index (χ4n) is 2.25. The van der Waals surface area contributed by atoms with E-state index in [4.69, 9.17) is 21.6 Å². The van der Waals surface area contributed by atoms with Gasteiger partial charge >= 0.3 is 0 Å². The zero-order valence-electron chi connectivity index (χ0n) is 10.4. The Hall–Kier alpha value is -1.08. The molecule has 1 fully saturated rings. The Bertz CT molecular complexity index is 456. The summed E-state index contributed by atoms with van der Waals surface area (Å²) >= 11 is 6.17. The van der Waals surface area contributed by atoms with Crippen molar-refractivity contribution in [3.8, 4) is 6.07 Å². The van der Waals surface area contributed by atoms with Crippen molar-refractivity contribution in [2.24, 2.45) is 0 Å². The van der Waals surface area contributed by atoms with Gasteiger partial charge in [0.25, 0.3) is 0 Å². The first-order chi connectivity index (χ1) is 8.72. The zero-order chi connectivity index (χ0) is 13.0. The molecule has 0 saturated carbocycles. The van der Waals surface area contributed by atoms with Crippen LogP contribution in [0, 0.1) is 18.3 Å². The van der Waals surface area contributed by atoms with E-state index in [0.717, 1.165) is 29.2 Å². The molecule has 2 rings (SSSR count). The molecule has 0 bridgehead atoms. The molecule has 0 spiro atoms. The summed E-state index contributed by atoms with van der Waals surface area (Å²) in [6, 6.07) is 8.29. The molecule has 3 nitrogen and oxygen atoms in total. The summed E-state index contributed by atoms with van der Waals surface area (Å²) in [5.74, 6) is 0.185. The Morgan fingerprint density at radius 3 is 3.11 bits per heavy atom. The Morgan fingerprint density at radius 1 is 1.56 bits per heavy atom. The van der Waals surface area contributed by atoms with Gasteiger partial charge in [0.15, 0.2) is 0 Å². The molecule has 2 atom stereocenters. The predicted molar refractivity (Wildman–Crippen MR) is 71.8 cm³/mol. The van der Waals surface area contributed by atoms with E-state index in [1.165, 1.54) is 0 Å². The molecule has 0 amide bonds. The molecule has 0 aliphatic carbocycles. The highest BCUT2D eigenvalue weighted by Crippen LogP contribution is 2.28. The van der Waals surface area contributed by atoms with Crippen LogP contribution >= 0.6 is 11.6 Å². The fourth-order valence-corrected chi connectivity index (χ4v) is 2.44. The Morgan fingerprint density at radius 2 is 2.39 bits per heavy atom. The lowest BCUT2D eigenvalue weighted by Gasteiger charge is -2.23. The standard InChI is InChI=1S/C14H17ClN2O/c1-10-2-3-11(8-13(10)15)12-9-17-6-7-18-14(12)4-5-16/h2-3,8,12,14,17H,4,6-7,9H2,1H3/t12?,14-/m1/s1. The lowest BCUT2D eigenvalue weighted by molar-refractivity contribution is 0.0557. The Balaban J connectivity index is 2.26. The van der Waals surface area contributed by atoms with Crippen molar-refractivity contribution in [1.82, 2.24) is 5.32 Å². The molecule has 1 aromatic carbocycles. The second kappa shape index (κ2) is 6.19. The van der Waals surface area contributed by atoms with E-state index in [1.807, 2.05) is 19.1 Å². The monoisotopic (exact) mass is 264 g/mol. The van der Waals surface area contributed by atoms with E-state index in [0.29, 0.717) is 13.0 Å². The van der Waals surface area contributed by atoms with Crippen LogP contribution in [0.2, 0.25) is 5.02 Å². The van der Waals surface area contributed by atoms with E-state index in [-0.39, 0.29) is 12.0 Å². The topological polar surface area (TPSA) is 45.0 Å². The van der Waals surface area contributed by atoms with E-state index in [2.05, 4.69) is 17.5 Å². The third-order valence-electron chi connectivity index (χ3n) is 3.34. The van der Waals surface area contributed by atoms with Gasteiger partial charge in [0, 0.05) is 24.0 Å². The maximum atomic E-state index is 8.90. The van der Waals surface area contributed by atoms with Gasteiger partial charge in [-0.15, -0.1) is 0 Å². The van der Waals surface area contributed by atoms with Crippen molar-refractivity contribution in [2.75, 3.05) is 19.7 Å². The molecule has 0 aromatic heterocycles. The van der Waals surface area contributed by atoms with Gasteiger partial charge in [0.1, 0.15) is 0 Å². The highest BCUT2D eigenvalue weighted by molar-refractivity contribution is 6.31. The number of hydrogen-bond acceptors (Lipinski definition) is 3. The first-order valence-electron chi connectivity index (χ1n) is 6.17. The summed E-state index contributed by atoms with van der Waals surface area (Å²) in [5, 5.41) is 13.0. The summed E-state index contributed by atoms with van der Waals surface area (Å²) < 4.78 is 5.75. The van der Waals surface area contributed by atoms with Crippen LogP contribution in [0.15, 0.2) is 18.2 Å². The van der Waals surface area contributed by atoms with Crippen LogP contribution in [0.4, 0.5) is 0 Å². The first kappa shape index (κ1) is 13.4. The SMILES string of the molecule is Cc1ccc(C2CNCCO[C@@H]2CC#N)cc1Cl. The lowest BCUT2D eigenvalue weighted by Crippen LogP contribution is -2.26. The third kappa shape index (κ3) is 3.02. The number of nitrogens with one attached hydrogen (secondary N) is 1. The largest absolute Gasteiger partial charge is 0.375 e. The molecular formula is C14H17ClN2O.